The molecule has 0 spiro atoms. The first-order valence-corrected chi connectivity index (χ1v) is 7.71. The Hall–Kier alpha value is -2.15. The van der Waals surface area contributed by atoms with Crippen LogP contribution in [0.5, 0.6) is 11.5 Å². The Labute approximate surface area is 126 Å². The van der Waals surface area contributed by atoms with Gasteiger partial charge in [-0.2, -0.15) is 0 Å². The van der Waals surface area contributed by atoms with E-state index in [0.29, 0.717) is 13.2 Å². The number of rotatable bonds is 2. The number of aromatic nitrogens is 3. The molecule has 0 saturated heterocycles. The van der Waals surface area contributed by atoms with Crippen molar-refractivity contribution in [1.29, 1.82) is 0 Å². The lowest BCUT2D eigenvalue weighted by Crippen LogP contribution is -2.20. The van der Waals surface area contributed by atoms with Crippen molar-refractivity contribution < 1.29 is 9.47 Å². The van der Waals surface area contributed by atoms with E-state index in [1.807, 2.05) is 28.3 Å². The van der Waals surface area contributed by atoms with Gasteiger partial charge in [-0.3, -0.25) is 5.43 Å². The van der Waals surface area contributed by atoms with E-state index in [0.717, 1.165) is 40.2 Å². The summed E-state index contributed by atoms with van der Waals surface area (Å²) in [5, 5.41) is 11.2. The molecule has 0 atom stereocenters. The van der Waals surface area contributed by atoms with Gasteiger partial charge in [-0.1, -0.05) is 18.7 Å². The zero-order valence-electron chi connectivity index (χ0n) is 11.5. The number of ether oxygens (including phenoxy) is 2. The van der Waals surface area contributed by atoms with Gasteiger partial charge in [0.15, 0.2) is 17.3 Å². The standard InChI is InChI=1S/C14H14N4O2S/c1-2-13-15-16-14-18(13)17-10(8-21-14)9-3-4-11-12(7-9)20-6-5-19-11/h3-4,7-8,17H,2,5-6H2,1H3. The molecule has 0 saturated carbocycles. The minimum atomic E-state index is 0.591. The lowest BCUT2D eigenvalue weighted by Gasteiger charge is -2.22. The van der Waals surface area contributed by atoms with Crippen molar-refractivity contribution in [2.75, 3.05) is 18.6 Å². The number of hydrogen-bond acceptors (Lipinski definition) is 6. The van der Waals surface area contributed by atoms with E-state index in [1.165, 1.54) is 0 Å². The van der Waals surface area contributed by atoms with Gasteiger partial charge in [-0.25, -0.2) is 4.68 Å². The molecule has 0 radical (unpaired) electrons. The molecule has 108 valence electrons. The number of nitrogens with one attached hydrogen (secondary N) is 1. The maximum absolute atomic E-state index is 5.64. The summed E-state index contributed by atoms with van der Waals surface area (Å²) in [6, 6.07) is 5.96. The smallest absolute Gasteiger partial charge is 0.214 e. The molecular weight excluding hydrogens is 288 g/mol. The number of hydrogen-bond donors (Lipinski definition) is 1. The molecule has 0 aliphatic carbocycles. The van der Waals surface area contributed by atoms with Crippen molar-refractivity contribution >= 4 is 17.5 Å². The highest BCUT2D eigenvalue weighted by Gasteiger charge is 2.19. The number of aryl methyl sites for hydroxylation is 1. The molecule has 2 aliphatic rings. The minimum absolute atomic E-state index is 0.591. The van der Waals surface area contributed by atoms with E-state index in [2.05, 4.69) is 22.5 Å². The molecule has 0 fully saturated rings. The first kappa shape index (κ1) is 12.6. The second-order valence-electron chi connectivity index (χ2n) is 4.71. The van der Waals surface area contributed by atoms with E-state index in [-0.39, 0.29) is 0 Å². The minimum Gasteiger partial charge on any atom is -0.486 e. The van der Waals surface area contributed by atoms with Crippen molar-refractivity contribution in [2.24, 2.45) is 0 Å². The molecule has 0 amide bonds. The van der Waals surface area contributed by atoms with Crippen LogP contribution in [-0.4, -0.2) is 28.1 Å². The summed E-state index contributed by atoms with van der Waals surface area (Å²) in [5.41, 5.74) is 5.40. The van der Waals surface area contributed by atoms with Crippen molar-refractivity contribution in [2.45, 2.75) is 18.5 Å². The van der Waals surface area contributed by atoms with Crippen LogP contribution in [0, 0.1) is 0 Å². The van der Waals surface area contributed by atoms with Crippen LogP contribution in [0.15, 0.2) is 28.8 Å². The second kappa shape index (κ2) is 5.00. The van der Waals surface area contributed by atoms with Crippen molar-refractivity contribution in [3.8, 4) is 11.5 Å². The van der Waals surface area contributed by atoms with Crippen LogP contribution in [0.2, 0.25) is 0 Å². The zero-order valence-corrected chi connectivity index (χ0v) is 12.3. The average molecular weight is 302 g/mol. The summed E-state index contributed by atoms with van der Waals surface area (Å²) in [5.74, 6) is 2.51. The Morgan fingerprint density at radius 3 is 2.95 bits per heavy atom. The van der Waals surface area contributed by atoms with Gasteiger partial charge in [-0.15, -0.1) is 10.2 Å². The summed E-state index contributed by atoms with van der Waals surface area (Å²) in [7, 11) is 0. The van der Waals surface area contributed by atoms with Crippen LogP contribution in [0.4, 0.5) is 0 Å². The van der Waals surface area contributed by atoms with Crippen molar-refractivity contribution in [1.82, 2.24) is 14.9 Å². The third-order valence-corrected chi connectivity index (χ3v) is 4.21. The third kappa shape index (κ3) is 2.13. The summed E-state index contributed by atoms with van der Waals surface area (Å²) in [6.07, 6.45) is 0.828. The molecule has 0 unspecified atom stereocenters. The van der Waals surface area contributed by atoms with Crippen LogP contribution < -0.4 is 14.9 Å². The molecule has 4 rings (SSSR count). The van der Waals surface area contributed by atoms with E-state index in [1.54, 1.807) is 11.8 Å². The van der Waals surface area contributed by atoms with Crippen LogP contribution in [0.3, 0.4) is 0 Å². The Morgan fingerprint density at radius 2 is 2.10 bits per heavy atom. The number of benzene rings is 1. The Kier molecular flexibility index (Phi) is 2.99. The summed E-state index contributed by atoms with van der Waals surface area (Å²) < 4.78 is 13.1. The molecule has 1 aromatic carbocycles. The van der Waals surface area contributed by atoms with Gasteiger partial charge in [0.05, 0.1) is 5.70 Å². The van der Waals surface area contributed by atoms with Gasteiger partial charge in [0, 0.05) is 17.4 Å². The highest BCUT2D eigenvalue weighted by molar-refractivity contribution is 8.02. The van der Waals surface area contributed by atoms with Gasteiger partial charge in [0.2, 0.25) is 5.16 Å². The fourth-order valence-corrected chi connectivity index (χ4v) is 3.08. The number of nitrogens with zero attached hydrogens (tertiary/aromatic N) is 3. The Balaban J connectivity index is 1.66. The van der Waals surface area contributed by atoms with E-state index >= 15 is 0 Å². The summed E-state index contributed by atoms with van der Waals surface area (Å²) in [4.78, 5) is 0. The molecule has 0 bridgehead atoms. The topological polar surface area (TPSA) is 61.2 Å². The van der Waals surface area contributed by atoms with Gasteiger partial charge in [0.25, 0.3) is 0 Å². The number of fused-ring (bicyclic) bond motifs is 2. The molecular formula is C14H14N4O2S. The Bertz CT molecular complexity index is 726. The predicted octanol–water partition coefficient (Wildman–Crippen LogP) is 2.26. The molecule has 7 heteroatoms. The van der Waals surface area contributed by atoms with E-state index < -0.39 is 0 Å². The number of thioether (sulfide) groups is 1. The van der Waals surface area contributed by atoms with E-state index in [9.17, 15) is 0 Å². The van der Waals surface area contributed by atoms with Gasteiger partial charge in [-0.05, 0) is 18.2 Å². The lowest BCUT2D eigenvalue weighted by molar-refractivity contribution is 0.171. The molecule has 6 nitrogen and oxygen atoms in total. The SMILES string of the molecule is CCc1nnc2n1NC(c1ccc3c(c1)OCCO3)=CS2. The van der Waals surface area contributed by atoms with Gasteiger partial charge >= 0.3 is 0 Å². The fraction of sp³-hybridized carbons (Fsp3) is 0.286. The van der Waals surface area contributed by atoms with E-state index in [4.69, 9.17) is 9.47 Å². The quantitative estimate of drug-likeness (QED) is 0.918. The molecule has 21 heavy (non-hydrogen) atoms. The van der Waals surface area contributed by atoms with Crippen molar-refractivity contribution in [3.63, 3.8) is 0 Å². The predicted molar refractivity (Wildman–Crippen MR) is 80.0 cm³/mol. The second-order valence-corrected chi connectivity index (χ2v) is 5.54. The first-order valence-electron chi connectivity index (χ1n) is 6.83. The first-order chi connectivity index (χ1) is 10.3. The lowest BCUT2D eigenvalue weighted by atomic mass is 10.1. The van der Waals surface area contributed by atoms with Gasteiger partial charge in [0.1, 0.15) is 13.2 Å². The maximum Gasteiger partial charge on any atom is 0.214 e. The molecule has 2 aliphatic heterocycles. The van der Waals surface area contributed by atoms with Crippen LogP contribution in [-0.2, 0) is 6.42 Å². The fourth-order valence-electron chi connectivity index (χ4n) is 2.32. The van der Waals surface area contributed by atoms with Crippen LogP contribution in [0.25, 0.3) is 5.70 Å². The molecule has 1 N–H and O–H groups in total. The molecule has 1 aromatic heterocycles. The average Bonchev–Trinajstić information content (AvgIpc) is 2.96. The molecule has 2 aromatic rings. The maximum atomic E-state index is 5.64. The Morgan fingerprint density at radius 1 is 1.24 bits per heavy atom. The van der Waals surface area contributed by atoms with Gasteiger partial charge < -0.3 is 9.47 Å². The van der Waals surface area contributed by atoms with Crippen molar-refractivity contribution in [3.05, 3.63) is 35.0 Å². The largest absolute Gasteiger partial charge is 0.486 e. The zero-order chi connectivity index (χ0) is 14.2. The van der Waals surface area contributed by atoms with Crippen LogP contribution in [0.1, 0.15) is 18.3 Å². The summed E-state index contributed by atoms with van der Waals surface area (Å²) >= 11 is 1.56. The highest BCUT2D eigenvalue weighted by atomic mass is 32.2. The summed E-state index contributed by atoms with van der Waals surface area (Å²) in [6.45, 7) is 3.26. The normalized spacial score (nSPS) is 16.0. The van der Waals surface area contributed by atoms with Crippen LogP contribution >= 0.6 is 11.8 Å². The monoisotopic (exact) mass is 302 g/mol. The third-order valence-electron chi connectivity index (χ3n) is 3.38. The molecule has 3 heterocycles. The highest BCUT2D eigenvalue weighted by Crippen LogP contribution is 2.35.